The fraction of sp³-hybridized carbons (Fsp3) is 0.588. The SMILES string of the molecule is O=Cc1ccc(C(O)C2CCN(C3CCC3)CC2)cc1. The molecule has 0 spiro atoms. The highest BCUT2D eigenvalue weighted by molar-refractivity contribution is 5.74. The van der Waals surface area contributed by atoms with Gasteiger partial charge in [-0.3, -0.25) is 4.79 Å². The summed E-state index contributed by atoms with van der Waals surface area (Å²) < 4.78 is 0. The first-order valence-electron chi connectivity index (χ1n) is 7.75. The molecule has 1 atom stereocenters. The van der Waals surface area contributed by atoms with Gasteiger partial charge in [0.1, 0.15) is 6.29 Å². The van der Waals surface area contributed by atoms with Crippen molar-refractivity contribution >= 4 is 6.29 Å². The Kier molecular flexibility index (Phi) is 4.18. The van der Waals surface area contributed by atoms with E-state index in [0.717, 1.165) is 43.8 Å². The van der Waals surface area contributed by atoms with Gasteiger partial charge in [0.25, 0.3) is 0 Å². The molecule has 1 unspecified atom stereocenters. The fourth-order valence-corrected chi connectivity index (χ4v) is 3.40. The summed E-state index contributed by atoms with van der Waals surface area (Å²) in [7, 11) is 0. The number of likely N-dealkylation sites (tertiary alicyclic amines) is 1. The van der Waals surface area contributed by atoms with E-state index in [2.05, 4.69) is 4.90 Å². The fourth-order valence-electron chi connectivity index (χ4n) is 3.40. The van der Waals surface area contributed by atoms with Crippen molar-refractivity contribution in [2.45, 2.75) is 44.2 Å². The normalized spacial score (nSPS) is 23.2. The first kappa shape index (κ1) is 13.8. The van der Waals surface area contributed by atoms with Gasteiger partial charge < -0.3 is 10.0 Å². The minimum absolute atomic E-state index is 0.355. The number of carbonyl (C=O) groups is 1. The van der Waals surface area contributed by atoms with E-state index in [4.69, 9.17) is 0 Å². The summed E-state index contributed by atoms with van der Waals surface area (Å²) in [5.74, 6) is 0.355. The number of hydrogen-bond donors (Lipinski definition) is 1. The molecule has 3 nitrogen and oxygen atoms in total. The zero-order chi connectivity index (χ0) is 13.9. The van der Waals surface area contributed by atoms with Crippen molar-refractivity contribution in [2.75, 3.05) is 13.1 Å². The molecule has 1 aliphatic heterocycles. The van der Waals surface area contributed by atoms with Gasteiger partial charge in [0.2, 0.25) is 0 Å². The Balaban J connectivity index is 1.57. The number of benzene rings is 1. The van der Waals surface area contributed by atoms with Crippen LogP contribution in [0.2, 0.25) is 0 Å². The molecule has 2 fully saturated rings. The van der Waals surface area contributed by atoms with Gasteiger partial charge in [-0.05, 0) is 50.3 Å². The Morgan fingerprint density at radius 1 is 1.10 bits per heavy atom. The standard InChI is InChI=1S/C17H23NO2/c19-12-13-4-6-14(7-5-13)17(20)15-8-10-18(11-9-15)16-2-1-3-16/h4-7,12,15-17,20H,1-3,8-11H2. The molecular formula is C17H23NO2. The third-order valence-corrected chi connectivity index (χ3v) is 5.03. The molecule has 1 saturated carbocycles. The van der Waals surface area contributed by atoms with Crippen LogP contribution < -0.4 is 0 Å². The van der Waals surface area contributed by atoms with Crippen LogP contribution in [0, 0.1) is 5.92 Å². The number of aliphatic hydroxyl groups is 1. The summed E-state index contributed by atoms with van der Waals surface area (Å²) in [5, 5.41) is 10.5. The monoisotopic (exact) mass is 273 g/mol. The molecule has 3 rings (SSSR count). The average Bonchev–Trinajstić information content (AvgIpc) is 2.46. The first-order valence-corrected chi connectivity index (χ1v) is 7.75. The van der Waals surface area contributed by atoms with Crippen LogP contribution >= 0.6 is 0 Å². The molecule has 0 radical (unpaired) electrons. The molecule has 2 aliphatic rings. The van der Waals surface area contributed by atoms with Crippen molar-refractivity contribution in [2.24, 2.45) is 5.92 Å². The van der Waals surface area contributed by atoms with Crippen LogP contribution in [-0.4, -0.2) is 35.4 Å². The Morgan fingerprint density at radius 2 is 1.75 bits per heavy atom. The molecule has 0 amide bonds. The zero-order valence-corrected chi connectivity index (χ0v) is 11.9. The van der Waals surface area contributed by atoms with Crippen LogP contribution in [0.4, 0.5) is 0 Å². The topological polar surface area (TPSA) is 40.5 Å². The molecule has 1 aromatic rings. The van der Waals surface area contributed by atoms with Gasteiger partial charge in [-0.15, -0.1) is 0 Å². The molecule has 1 N–H and O–H groups in total. The second-order valence-electron chi connectivity index (χ2n) is 6.19. The van der Waals surface area contributed by atoms with Crippen LogP contribution in [0.15, 0.2) is 24.3 Å². The maximum atomic E-state index is 10.7. The second-order valence-corrected chi connectivity index (χ2v) is 6.19. The quantitative estimate of drug-likeness (QED) is 0.858. The summed E-state index contributed by atoms with van der Waals surface area (Å²) in [6.45, 7) is 2.25. The largest absolute Gasteiger partial charge is 0.388 e. The minimum Gasteiger partial charge on any atom is -0.388 e. The molecule has 20 heavy (non-hydrogen) atoms. The molecule has 0 bridgehead atoms. The summed E-state index contributed by atoms with van der Waals surface area (Å²) in [5.41, 5.74) is 1.61. The lowest BCUT2D eigenvalue weighted by Gasteiger charge is -2.42. The molecule has 1 aromatic carbocycles. The highest BCUT2D eigenvalue weighted by atomic mass is 16.3. The van der Waals surface area contributed by atoms with Crippen molar-refractivity contribution in [1.29, 1.82) is 0 Å². The summed E-state index contributed by atoms with van der Waals surface area (Å²) >= 11 is 0. The molecule has 0 aromatic heterocycles. The van der Waals surface area contributed by atoms with E-state index < -0.39 is 0 Å². The van der Waals surface area contributed by atoms with Gasteiger partial charge in [-0.2, -0.15) is 0 Å². The van der Waals surface area contributed by atoms with E-state index in [1.165, 1.54) is 19.3 Å². The minimum atomic E-state index is -0.390. The van der Waals surface area contributed by atoms with Crippen molar-refractivity contribution in [3.63, 3.8) is 0 Å². The van der Waals surface area contributed by atoms with E-state index in [-0.39, 0.29) is 6.10 Å². The van der Waals surface area contributed by atoms with Gasteiger partial charge in [0.05, 0.1) is 6.10 Å². The smallest absolute Gasteiger partial charge is 0.150 e. The van der Waals surface area contributed by atoms with Crippen LogP contribution in [-0.2, 0) is 0 Å². The Labute approximate surface area is 120 Å². The van der Waals surface area contributed by atoms with Crippen LogP contribution in [0.3, 0.4) is 0 Å². The number of aliphatic hydroxyl groups excluding tert-OH is 1. The Hall–Kier alpha value is -1.19. The number of piperidine rings is 1. The number of aldehydes is 1. The van der Waals surface area contributed by atoms with Crippen molar-refractivity contribution in [3.05, 3.63) is 35.4 Å². The number of hydrogen-bond acceptors (Lipinski definition) is 3. The van der Waals surface area contributed by atoms with Crippen molar-refractivity contribution in [3.8, 4) is 0 Å². The molecule has 108 valence electrons. The van der Waals surface area contributed by atoms with Gasteiger partial charge in [0.15, 0.2) is 0 Å². The van der Waals surface area contributed by atoms with Crippen LogP contribution in [0.5, 0.6) is 0 Å². The van der Waals surface area contributed by atoms with Crippen molar-refractivity contribution in [1.82, 2.24) is 4.90 Å². The Morgan fingerprint density at radius 3 is 2.25 bits per heavy atom. The maximum absolute atomic E-state index is 10.7. The Bertz CT molecular complexity index is 445. The van der Waals surface area contributed by atoms with Gasteiger partial charge in [-0.1, -0.05) is 30.7 Å². The van der Waals surface area contributed by atoms with E-state index in [1.54, 1.807) is 12.1 Å². The van der Waals surface area contributed by atoms with Gasteiger partial charge in [0, 0.05) is 11.6 Å². The summed E-state index contributed by atoms with van der Waals surface area (Å²) in [6.07, 6.45) is 6.71. The highest BCUT2D eigenvalue weighted by Crippen LogP contribution is 2.34. The lowest BCUT2D eigenvalue weighted by atomic mass is 9.84. The second kappa shape index (κ2) is 6.06. The molecule has 3 heteroatoms. The zero-order valence-electron chi connectivity index (χ0n) is 11.9. The van der Waals surface area contributed by atoms with E-state index in [1.807, 2.05) is 12.1 Å². The predicted octanol–water partition coefficient (Wildman–Crippen LogP) is 2.80. The number of carbonyl (C=O) groups excluding carboxylic acids is 1. The maximum Gasteiger partial charge on any atom is 0.150 e. The summed E-state index contributed by atoms with van der Waals surface area (Å²) in [4.78, 5) is 13.3. The lowest BCUT2D eigenvalue weighted by molar-refractivity contribution is 0.0289. The van der Waals surface area contributed by atoms with Crippen LogP contribution in [0.1, 0.15) is 54.1 Å². The molecular weight excluding hydrogens is 250 g/mol. The number of nitrogens with zero attached hydrogens (tertiary/aromatic N) is 1. The predicted molar refractivity (Wildman–Crippen MR) is 78.7 cm³/mol. The van der Waals surface area contributed by atoms with E-state index >= 15 is 0 Å². The van der Waals surface area contributed by atoms with Gasteiger partial charge >= 0.3 is 0 Å². The third-order valence-electron chi connectivity index (χ3n) is 5.03. The van der Waals surface area contributed by atoms with Gasteiger partial charge in [-0.25, -0.2) is 0 Å². The van der Waals surface area contributed by atoms with E-state index in [0.29, 0.717) is 11.5 Å². The summed E-state index contributed by atoms with van der Waals surface area (Å²) in [6, 6.07) is 8.16. The lowest BCUT2D eigenvalue weighted by Crippen LogP contribution is -2.45. The first-order chi connectivity index (χ1) is 9.78. The van der Waals surface area contributed by atoms with Crippen molar-refractivity contribution < 1.29 is 9.90 Å². The molecule has 1 saturated heterocycles. The third kappa shape index (κ3) is 2.79. The highest BCUT2D eigenvalue weighted by Gasteiger charge is 2.31. The number of rotatable bonds is 4. The van der Waals surface area contributed by atoms with Crippen LogP contribution in [0.25, 0.3) is 0 Å². The van der Waals surface area contributed by atoms with E-state index in [9.17, 15) is 9.90 Å². The molecule has 1 heterocycles. The molecule has 1 aliphatic carbocycles. The average molecular weight is 273 g/mol.